The average Bonchev–Trinajstić information content (AvgIpc) is 3.09. The van der Waals surface area contributed by atoms with Crippen molar-refractivity contribution in [1.82, 2.24) is 0 Å². The number of allylic oxidation sites excluding steroid dienone is 2. The van der Waals surface area contributed by atoms with Crippen molar-refractivity contribution in [2.75, 3.05) is 13.2 Å². The Labute approximate surface area is 312 Å². The van der Waals surface area contributed by atoms with Gasteiger partial charge in [-0.2, -0.15) is 0 Å². The first-order chi connectivity index (χ1) is 24.7. The van der Waals surface area contributed by atoms with Crippen molar-refractivity contribution < 1.29 is 64.6 Å². The monoisotopic (exact) mass is 752 g/mol. The Balaban J connectivity index is 1.06. The number of aliphatic carboxylic acids is 1. The van der Waals surface area contributed by atoms with E-state index < -0.39 is 85.0 Å². The molecule has 7 aliphatic rings. The number of carboxylic acid groups (broad SMARTS) is 1. The second-order valence-corrected chi connectivity index (χ2v) is 19.6. The molecule has 8 N–H and O–H groups in total. The molecule has 0 amide bonds. The largest absolute Gasteiger partial charge is 0.481 e. The molecular formula is C40H64O13. The van der Waals surface area contributed by atoms with E-state index in [0.717, 1.165) is 51.4 Å². The van der Waals surface area contributed by atoms with Crippen molar-refractivity contribution in [3.05, 3.63) is 11.6 Å². The maximum Gasteiger partial charge on any atom is 0.310 e. The minimum atomic E-state index is -1.68. The van der Waals surface area contributed by atoms with E-state index in [1.807, 2.05) is 6.92 Å². The molecule has 7 rings (SSSR count). The van der Waals surface area contributed by atoms with Crippen LogP contribution in [0.3, 0.4) is 0 Å². The molecule has 0 spiro atoms. The lowest BCUT2D eigenvalue weighted by atomic mass is 9.34. The minimum Gasteiger partial charge on any atom is -0.481 e. The highest BCUT2D eigenvalue weighted by Crippen LogP contribution is 2.75. The van der Waals surface area contributed by atoms with Crippen LogP contribution >= 0.6 is 0 Å². The summed E-state index contributed by atoms with van der Waals surface area (Å²) in [6, 6.07) is 0. The van der Waals surface area contributed by atoms with Gasteiger partial charge in [0.25, 0.3) is 0 Å². The van der Waals surface area contributed by atoms with Crippen LogP contribution in [0.5, 0.6) is 0 Å². The maximum atomic E-state index is 13.0. The lowest BCUT2D eigenvalue weighted by Crippen LogP contribution is -2.68. The first kappa shape index (κ1) is 40.0. The van der Waals surface area contributed by atoms with Crippen LogP contribution in [-0.2, 0) is 23.7 Å². The van der Waals surface area contributed by atoms with E-state index >= 15 is 0 Å². The fraction of sp³-hybridized carbons (Fsp3) is 0.925. The third kappa shape index (κ3) is 5.92. The predicted octanol–water partition coefficient (Wildman–Crippen LogP) is 2.25. The summed E-state index contributed by atoms with van der Waals surface area (Å²) in [5.41, 5.74) is -0.994. The van der Waals surface area contributed by atoms with Crippen LogP contribution in [0.2, 0.25) is 0 Å². The third-order valence-corrected chi connectivity index (χ3v) is 16.5. The van der Waals surface area contributed by atoms with Gasteiger partial charge >= 0.3 is 5.97 Å². The lowest BCUT2D eigenvalue weighted by molar-refractivity contribution is -0.354. The molecule has 0 aromatic heterocycles. The predicted molar refractivity (Wildman–Crippen MR) is 189 cm³/mol. The number of ether oxygens (including phenoxy) is 4. The molecule has 2 aliphatic heterocycles. The summed E-state index contributed by atoms with van der Waals surface area (Å²) in [5, 5.41) is 85.4. The van der Waals surface area contributed by atoms with E-state index in [9.17, 15) is 45.6 Å². The molecule has 13 heteroatoms. The first-order valence-corrected chi connectivity index (χ1v) is 19.9. The Morgan fingerprint density at radius 3 is 2.17 bits per heavy atom. The Morgan fingerprint density at radius 1 is 0.811 bits per heavy atom. The van der Waals surface area contributed by atoms with Gasteiger partial charge in [-0.25, -0.2) is 0 Å². The van der Waals surface area contributed by atoms with Gasteiger partial charge in [0, 0.05) is 0 Å². The topological polar surface area (TPSA) is 216 Å². The molecule has 18 unspecified atom stereocenters. The molecule has 2 saturated heterocycles. The number of aliphatic hydroxyl groups is 7. The van der Waals surface area contributed by atoms with Crippen LogP contribution in [0.15, 0.2) is 11.6 Å². The van der Waals surface area contributed by atoms with Gasteiger partial charge in [-0.3, -0.25) is 4.79 Å². The zero-order chi connectivity index (χ0) is 38.7. The van der Waals surface area contributed by atoms with E-state index in [4.69, 9.17) is 18.9 Å². The molecule has 13 nitrogen and oxygen atoms in total. The highest BCUT2D eigenvalue weighted by atomic mass is 16.7. The molecule has 0 radical (unpaired) electrons. The Bertz CT molecular complexity index is 1430. The van der Waals surface area contributed by atoms with Gasteiger partial charge in [-0.15, -0.1) is 0 Å². The van der Waals surface area contributed by atoms with E-state index in [1.165, 1.54) is 5.57 Å². The number of fused-ring (bicyclic) bond motifs is 7. The van der Waals surface area contributed by atoms with Gasteiger partial charge in [-0.05, 0) is 111 Å². The van der Waals surface area contributed by atoms with Crippen LogP contribution in [0.1, 0.15) is 106 Å². The number of hydrogen-bond acceptors (Lipinski definition) is 12. The van der Waals surface area contributed by atoms with Crippen molar-refractivity contribution in [3.8, 4) is 0 Å². The summed E-state index contributed by atoms with van der Waals surface area (Å²) in [6.45, 7) is 12.6. The lowest BCUT2D eigenvalue weighted by Gasteiger charge is -2.71. The SMILES string of the molecule is CC1(C)CCC2(C(=O)O)CCC3(C)C(=CCC4C5(C)CCC(OC6OCC(OC7OC(CO)C(O)C(O)C7O)C(O)C6O)C(C)(O)C5CCC43C)C2C1. The smallest absolute Gasteiger partial charge is 0.310 e. The molecule has 6 fully saturated rings. The molecule has 302 valence electrons. The number of carboxylic acids is 1. The molecule has 0 aromatic carbocycles. The molecular weight excluding hydrogens is 688 g/mol. The summed E-state index contributed by atoms with van der Waals surface area (Å²) in [6.07, 6.45) is -3.62. The van der Waals surface area contributed by atoms with Gasteiger partial charge < -0.3 is 59.8 Å². The fourth-order valence-electron chi connectivity index (χ4n) is 13.0. The number of rotatable bonds is 6. The second kappa shape index (κ2) is 13.4. The third-order valence-electron chi connectivity index (χ3n) is 16.5. The molecule has 0 aromatic rings. The van der Waals surface area contributed by atoms with Gasteiger partial charge in [0.2, 0.25) is 0 Å². The fourth-order valence-corrected chi connectivity index (χ4v) is 13.0. The van der Waals surface area contributed by atoms with Crippen LogP contribution in [-0.4, -0.2) is 127 Å². The molecule has 2 heterocycles. The zero-order valence-corrected chi connectivity index (χ0v) is 32.2. The van der Waals surface area contributed by atoms with E-state index in [-0.39, 0.29) is 46.0 Å². The van der Waals surface area contributed by atoms with Crippen LogP contribution in [0.25, 0.3) is 0 Å². The van der Waals surface area contributed by atoms with Gasteiger partial charge in [0.15, 0.2) is 12.6 Å². The van der Waals surface area contributed by atoms with Crippen molar-refractivity contribution in [3.63, 3.8) is 0 Å². The first-order valence-electron chi connectivity index (χ1n) is 19.9. The normalized spacial score (nSPS) is 55.1. The highest BCUT2D eigenvalue weighted by Gasteiger charge is 2.70. The van der Waals surface area contributed by atoms with Gasteiger partial charge in [0.05, 0.1) is 30.3 Å². The quantitative estimate of drug-likeness (QED) is 0.145. The average molecular weight is 753 g/mol. The van der Waals surface area contributed by atoms with Crippen LogP contribution < -0.4 is 0 Å². The molecule has 0 bridgehead atoms. The molecule has 5 aliphatic carbocycles. The van der Waals surface area contributed by atoms with Crippen molar-refractivity contribution >= 4 is 5.97 Å². The van der Waals surface area contributed by atoms with E-state index in [2.05, 4.69) is 40.7 Å². The molecule has 18 atom stereocenters. The summed E-state index contributed by atoms with van der Waals surface area (Å²) in [7, 11) is 0. The zero-order valence-electron chi connectivity index (χ0n) is 32.2. The maximum absolute atomic E-state index is 13.0. The Morgan fingerprint density at radius 2 is 1.49 bits per heavy atom. The summed E-state index contributed by atoms with van der Waals surface area (Å²) < 4.78 is 23.3. The van der Waals surface area contributed by atoms with Gasteiger partial charge in [0.1, 0.15) is 42.7 Å². The molecule has 53 heavy (non-hydrogen) atoms. The van der Waals surface area contributed by atoms with E-state index in [1.54, 1.807) is 0 Å². The second-order valence-electron chi connectivity index (χ2n) is 19.6. The summed E-state index contributed by atoms with van der Waals surface area (Å²) in [4.78, 5) is 13.0. The van der Waals surface area contributed by atoms with Crippen LogP contribution in [0.4, 0.5) is 0 Å². The van der Waals surface area contributed by atoms with Crippen molar-refractivity contribution in [1.29, 1.82) is 0 Å². The van der Waals surface area contributed by atoms with Crippen LogP contribution in [0, 0.1) is 44.8 Å². The highest BCUT2D eigenvalue weighted by molar-refractivity contribution is 5.76. The Hall–Kier alpha value is -1.23. The van der Waals surface area contributed by atoms with Gasteiger partial charge in [-0.1, -0.05) is 46.3 Å². The minimum absolute atomic E-state index is 0.0255. The van der Waals surface area contributed by atoms with Crippen molar-refractivity contribution in [2.45, 2.75) is 173 Å². The van der Waals surface area contributed by atoms with Crippen molar-refractivity contribution in [2.24, 2.45) is 44.8 Å². The summed E-state index contributed by atoms with van der Waals surface area (Å²) in [5.74, 6) is -0.469. The number of hydrogen-bond donors (Lipinski definition) is 8. The van der Waals surface area contributed by atoms with E-state index in [0.29, 0.717) is 12.8 Å². The molecule has 4 saturated carbocycles. The summed E-state index contributed by atoms with van der Waals surface area (Å²) >= 11 is 0. The standard InChI is InChI=1S/C40H64O13/c1-35(2)13-15-40(34(47)48)16-14-37(4)20(21(40)17-35)7-8-24-36(3)11-10-26(39(6,49)25(36)9-12-38(24,37)5)53-32-30(45)28(43)23(19-50-32)52-33-31(46)29(44)27(42)22(18-41)51-33/h7,21-33,41-46,49H,8-19H2,1-6H3,(H,47,48). The Kier molecular flexibility index (Phi) is 10.1. The number of aliphatic hydroxyl groups excluding tert-OH is 6. The number of carbonyl (C=O) groups is 1.